The lowest BCUT2D eigenvalue weighted by molar-refractivity contribution is -0.151. The van der Waals surface area contributed by atoms with Crippen LogP contribution in [0.3, 0.4) is 0 Å². The molecule has 0 saturated carbocycles. The van der Waals surface area contributed by atoms with Crippen LogP contribution >= 0.6 is 22.6 Å². The van der Waals surface area contributed by atoms with Gasteiger partial charge in [-0.2, -0.15) is 0 Å². The van der Waals surface area contributed by atoms with Gasteiger partial charge in [0, 0.05) is 31.3 Å². The highest BCUT2D eigenvalue weighted by atomic mass is 127. The number of piperidine rings is 3. The number of hydrogen-bond acceptors (Lipinski definition) is 5. The van der Waals surface area contributed by atoms with Crippen LogP contribution in [-0.2, 0) is 19.1 Å². The fraction of sp³-hybridized carbons (Fsp3) is 0.842. The van der Waals surface area contributed by atoms with Gasteiger partial charge in [0.15, 0.2) is 0 Å². The first-order valence-electron chi connectivity index (χ1n) is 9.76. The number of nitrogens with zero attached hydrogens (tertiary/aromatic N) is 2. The number of hydrogen-bond donors (Lipinski definition) is 0. The third-order valence-corrected chi connectivity index (χ3v) is 5.61. The SMILES string of the molecule is CI.O=C(CCN1C(=O)CCCC1=O)OCC1CCCN2CCCCC12. The Morgan fingerprint density at radius 2 is 1.73 bits per heavy atom. The van der Waals surface area contributed by atoms with E-state index in [-0.39, 0.29) is 30.7 Å². The van der Waals surface area contributed by atoms with E-state index in [1.807, 2.05) is 4.93 Å². The summed E-state index contributed by atoms with van der Waals surface area (Å²) in [7, 11) is 0. The molecule has 0 N–H and O–H groups in total. The highest BCUT2D eigenvalue weighted by Crippen LogP contribution is 2.31. The summed E-state index contributed by atoms with van der Waals surface area (Å²) in [5.41, 5.74) is 0. The summed E-state index contributed by atoms with van der Waals surface area (Å²) >= 11 is 2.15. The number of imide groups is 1. The third-order valence-electron chi connectivity index (χ3n) is 5.61. The molecule has 26 heavy (non-hydrogen) atoms. The Bertz CT molecular complexity index is 482. The fourth-order valence-electron chi connectivity index (χ4n) is 4.30. The van der Waals surface area contributed by atoms with E-state index in [1.165, 1.54) is 43.7 Å². The number of ether oxygens (including phenoxy) is 1. The highest BCUT2D eigenvalue weighted by molar-refractivity contribution is 14.1. The molecule has 0 radical (unpaired) electrons. The Kier molecular flexibility index (Phi) is 9.31. The quantitative estimate of drug-likeness (QED) is 0.263. The van der Waals surface area contributed by atoms with Gasteiger partial charge in [-0.3, -0.25) is 24.2 Å². The Morgan fingerprint density at radius 3 is 2.46 bits per heavy atom. The molecule has 3 saturated heterocycles. The van der Waals surface area contributed by atoms with E-state index in [2.05, 4.69) is 27.5 Å². The van der Waals surface area contributed by atoms with Crippen LogP contribution in [0.1, 0.15) is 57.8 Å². The van der Waals surface area contributed by atoms with Crippen molar-refractivity contribution in [3.05, 3.63) is 0 Å². The number of likely N-dealkylation sites (tertiary alicyclic amines) is 1. The summed E-state index contributed by atoms with van der Waals surface area (Å²) in [4.78, 5) is 41.2. The summed E-state index contributed by atoms with van der Waals surface area (Å²) in [5.74, 6) is -0.191. The van der Waals surface area contributed by atoms with E-state index in [9.17, 15) is 14.4 Å². The van der Waals surface area contributed by atoms with Gasteiger partial charge < -0.3 is 4.74 Å². The molecule has 148 valence electrons. The van der Waals surface area contributed by atoms with Crippen LogP contribution in [-0.4, -0.2) is 64.8 Å². The lowest BCUT2D eigenvalue weighted by Gasteiger charge is -2.44. The molecule has 0 bridgehead atoms. The fourth-order valence-corrected chi connectivity index (χ4v) is 4.30. The lowest BCUT2D eigenvalue weighted by Crippen LogP contribution is -2.49. The van der Waals surface area contributed by atoms with E-state index >= 15 is 0 Å². The van der Waals surface area contributed by atoms with Gasteiger partial charge in [-0.25, -0.2) is 0 Å². The average Bonchev–Trinajstić information content (AvgIpc) is 2.67. The number of alkyl halides is 1. The molecule has 2 atom stereocenters. The molecule has 7 heteroatoms. The number of carbonyl (C=O) groups excluding carboxylic acids is 3. The van der Waals surface area contributed by atoms with Crippen molar-refractivity contribution in [1.29, 1.82) is 0 Å². The molecular weight excluding hydrogens is 447 g/mol. The van der Waals surface area contributed by atoms with E-state index in [0.29, 0.717) is 37.8 Å². The topological polar surface area (TPSA) is 66.9 Å². The molecule has 3 rings (SSSR count). The molecule has 6 nitrogen and oxygen atoms in total. The van der Waals surface area contributed by atoms with Crippen LogP contribution < -0.4 is 0 Å². The number of halogens is 1. The summed E-state index contributed by atoms with van der Waals surface area (Å²) in [6.45, 7) is 2.99. The predicted octanol–water partition coefficient (Wildman–Crippen LogP) is 2.77. The molecule has 0 spiro atoms. The molecule has 0 aromatic carbocycles. The highest BCUT2D eigenvalue weighted by Gasteiger charge is 2.33. The van der Waals surface area contributed by atoms with Crippen molar-refractivity contribution in [3.63, 3.8) is 0 Å². The van der Waals surface area contributed by atoms with E-state index in [4.69, 9.17) is 4.74 Å². The van der Waals surface area contributed by atoms with Gasteiger partial charge in [0.05, 0.1) is 13.0 Å². The van der Waals surface area contributed by atoms with Crippen LogP contribution in [0.15, 0.2) is 0 Å². The second-order valence-corrected chi connectivity index (χ2v) is 7.23. The van der Waals surface area contributed by atoms with Crippen molar-refractivity contribution < 1.29 is 19.1 Å². The van der Waals surface area contributed by atoms with Gasteiger partial charge in [-0.15, -0.1) is 0 Å². The Morgan fingerprint density at radius 1 is 1.04 bits per heavy atom. The molecule has 3 aliphatic heterocycles. The van der Waals surface area contributed by atoms with Gasteiger partial charge in [0.2, 0.25) is 11.8 Å². The Hall–Kier alpha value is -0.700. The van der Waals surface area contributed by atoms with Crippen molar-refractivity contribution in [1.82, 2.24) is 9.80 Å². The third kappa shape index (κ3) is 5.90. The summed E-state index contributed by atoms with van der Waals surface area (Å²) < 4.78 is 5.48. The van der Waals surface area contributed by atoms with E-state index in [1.54, 1.807) is 0 Å². The molecule has 3 aliphatic rings. The smallest absolute Gasteiger partial charge is 0.307 e. The molecule has 0 aromatic rings. The zero-order chi connectivity index (χ0) is 18.9. The van der Waals surface area contributed by atoms with E-state index in [0.717, 1.165) is 6.42 Å². The number of carbonyl (C=O) groups is 3. The van der Waals surface area contributed by atoms with Gasteiger partial charge >= 0.3 is 5.97 Å². The van der Waals surface area contributed by atoms with Crippen LogP contribution in [0, 0.1) is 5.92 Å². The molecule has 2 amide bonds. The monoisotopic (exact) mass is 478 g/mol. The minimum atomic E-state index is -0.297. The van der Waals surface area contributed by atoms with Crippen molar-refractivity contribution in [3.8, 4) is 0 Å². The first-order valence-corrected chi connectivity index (χ1v) is 11.9. The Balaban J connectivity index is 0.00000117. The molecule has 0 aromatic heterocycles. The molecule has 3 heterocycles. The molecule has 2 unspecified atom stereocenters. The maximum absolute atomic E-state index is 12.0. The summed E-state index contributed by atoms with van der Waals surface area (Å²) in [6, 6.07) is 0.561. The number of fused-ring (bicyclic) bond motifs is 1. The van der Waals surface area contributed by atoms with Crippen LogP contribution in [0.25, 0.3) is 0 Å². The second-order valence-electron chi connectivity index (χ2n) is 7.23. The number of rotatable bonds is 5. The Labute approximate surface area is 170 Å². The van der Waals surface area contributed by atoms with Crippen LogP contribution in [0.4, 0.5) is 0 Å². The summed E-state index contributed by atoms with van der Waals surface area (Å²) in [5, 5.41) is 0. The zero-order valence-electron chi connectivity index (χ0n) is 15.8. The maximum atomic E-state index is 12.0. The van der Waals surface area contributed by atoms with Crippen molar-refractivity contribution in [2.75, 3.05) is 31.2 Å². The van der Waals surface area contributed by atoms with Gasteiger partial charge in [0.1, 0.15) is 0 Å². The number of esters is 1. The van der Waals surface area contributed by atoms with Crippen LogP contribution in [0.5, 0.6) is 0 Å². The second kappa shape index (κ2) is 11.2. The average molecular weight is 478 g/mol. The van der Waals surface area contributed by atoms with Gasteiger partial charge in [0.25, 0.3) is 0 Å². The standard InChI is InChI=1S/C18H28N2O4.CH3I/c21-16-7-3-8-17(22)20(16)12-9-18(23)24-13-14-5-4-11-19-10-2-1-6-15(14)19;1-2/h14-15H,1-13H2;1H3. The van der Waals surface area contributed by atoms with Crippen molar-refractivity contribution >= 4 is 40.4 Å². The largest absolute Gasteiger partial charge is 0.465 e. The normalized spacial score (nSPS) is 26.6. The van der Waals surface area contributed by atoms with Crippen molar-refractivity contribution in [2.45, 2.75) is 63.8 Å². The van der Waals surface area contributed by atoms with Crippen LogP contribution in [0.2, 0.25) is 0 Å². The first kappa shape index (κ1) is 21.6. The minimum absolute atomic E-state index is 0.110. The van der Waals surface area contributed by atoms with Gasteiger partial charge in [-0.05, 0) is 50.1 Å². The summed E-state index contributed by atoms with van der Waals surface area (Å²) in [6.07, 6.45) is 7.59. The molecular formula is C19H31IN2O4. The first-order chi connectivity index (χ1) is 12.6. The zero-order valence-corrected chi connectivity index (χ0v) is 17.9. The lowest BCUT2D eigenvalue weighted by atomic mass is 9.84. The molecule has 3 fully saturated rings. The van der Waals surface area contributed by atoms with Crippen molar-refractivity contribution in [2.24, 2.45) is 5.92 Å². The number of amides is 2. The predicted molar refractivity (Wildman–Crippen MR) is 108 cm³/mol. The molecule has 0 aliphatic carbocycles. The van der Waals surface area contributed by atoms with E-state index < -0.39 is 0 Å². The van der Waals surface area contributed by atoms with Gasteiger partial charge in [-0.1, -0.05) is 29.0 Å². The maximum Gasteiger partial charge on any atom is 0.307 e. The minimum Gasteiger partial charge on any atom is -0.465 e.